The fraction of sp³-hybridized carbons (Fsp3) is 0.333. The van der Waals surface area contributed by atoms with Gasteiger partial charge in [0.1, 0.15) is 0 Å². The van der Waals surface area contributed by atoms with Gasteiger partial charge in [-0.1, -0.05) is 0 Å². The monoisotopic (exact) mass is 263 g/mol. The van der Waals surface area contributed by atoms with Crippen molar-refractivity contribution >= 4 is 17.3 Å². The van der Waals surface area contributed by atoms with Crippen molar-refractivity contribution in [3.8, 4) is 6.07 Å². The predicted molar refractivity (Wildman–Crippen MR) is 68.2 cm³/mol. The van der Waals surface area contributed by atoms with E-state index >= 15 is 0 Å². The van der Waals surface area contributed by atoms with Crippen LogP contribution in [0.25, 0.3) is 0 Å². The summed E-state index contributed by atoms with van der Waals surface area (Å²) < 4.78 is 0. The molecule has 7 heteroatoms. The lowest BCUT2D eigenvalue weighted by Gasteiger charge is -2.26. The lowest BCUT2D eigenvalue weighted by molar-refractivity contribution is -0.384. The molecule has 0 aliphatic heterocycles. The smallest absolute Gasteiger partial charge is 0.338 e. The molecule has 1 rings (SSSR count). The largest absolute Gasteiger partial charge is 0.478 e. The number of nitro benzene ring substituents is 1. The number of aromatic carboxylic acids is 1. The Morgan fingerprint density at radius 1 is 1.63 bits per heavy atom. The van der Waals surface area contributed by atoms with Crippen LogP contribution >= 0.6 is 0 Å². The first-order valence-electron chi connectivity index (χ1n) is 5.50. The first-order valence-corrected chi connectivity index (χ1v) is 5.50. The summed E-state index contributed by atoms with van der Waals surface area (Å²) in [5, 5.41) is 28.4. The molecule has 1 N–H and O–H groups in total. The summed E-state index contributed by atoms with van der Waals surface area (Å²) in [4.78, 5) is 22.8. The van der Waals surface area contributed by atoms with E-state index in [2.05, 4.69) is 0 Å². The number of non-ortho nitro benzene ring substituents is 1. The number of carbonyl (C=O) groups is 1. The third-order valence-corrected chi connectivity index (χ3v) is 2.85. The van der Waals surface area contributed by atoms with E-state index in [0.717, 1.165) is 6.07 Å². The van der Waals surface area contributed by atoms with E-state index in [1.165, 1.54) is 12.1 Å². The van der Waals surface area contributed by atoms with Gasteiger partial charge in [0.15, 0.2) is 0 Å². The molecule has 19 heavy (non-hydrogen) atoms. The highest BCUT2D eigenvalue weighted by atomic mass is 16.6. The first kappa shape index (κ1) is 14.4. The average molecular weight is 263 g/mol. The zero-order chi connectivity index (χ0) is 14.6. The Labute approximate surface area is 109 Å². The third kappa shape index (κ3) is 3.19. The van der Waals surface area contributed by atoms with Crippen molar-refractivity contribution in [1.82, 2.24) is 0 Å². The van der Waals surface area contributed by atoms with E-state index < -0.39 is 10.9 Å². The minimum Gasteiger partial charge on any atom is -0.478 e. The van der Waals surface area contributed by atoms with E-state index in [0.29, 0.717) is 5.69 Å². The van der Waals surface area contributed by atoms with Crippen molar-refractivity contribution in [3.63, 3.8) is 0 Å². The predicted octanol–water partition coefficient (Wildman–Crippen LogP) is 2.03. The molecule has 0 aromatic heterocycles. The Hall–Kier alpha value is -2.62. The van der Waals surface area contributed by atoms with E-state index in [9.17, 15) is 14.9 Å². The second kappa shape index (κ2) is 5.82. The fourth-order valence-electron chi connectivity index (χ4n) is 1.62. The summed E-state index contributed by atoms with van der Waals surface area (Å²) in [7, 11) is 1.65. The Morgan fingerprint density at radius 2 is 2.26 bits per heavy atom. The zero-order valence-electron chi connectivity index (χ0n) is 10.5. The van der Waals surface area contributed by atoms with Gasteiger partial charge in [0, 0.05) is 25.2 Å². The van der Waals surface area contributed by atoms with Crippen molar-refractivity contribution in [2.45, 2.75) is 19.4 Å². The molecule has 1 unspecified atom stereocenters. The Morgan fingerprint density at radius 3 is 2.74 bits per heavy atom. The minimum atomic E-state index is -1.24. The molecule has 100 valence electrons. The Bertz CT molecular complexity index is 550. The maximum absolute atomic E-state index is 11.2. The van der Waals surface area contributed by atoms with Crippen LogP contribution < -0.4 is 4.90 Å². The number of nitro groups is 1. The number of carboxylic acids is 1. The maximum atomic E-state index is 11.2. The van der Waals surface area contributed by atoms with Crippen LogP contribution in [0.4, 0.5) is 11.4 Å². The number of nitrogens with zero attached hydrogens (tertiary/aromatic N) is 3. The molecular weight excluding hydrogens is 250 g/mol. The van der Waals surface area contributed by atoms with Crippen molar-refractivity contribution in [2.24, 2.45) is 0 Å². The summed E-state index contributed by atoms with van der Waals surface area (Å²) in [6.45, 7) is 1.77. The van der Waals surface area contributed by atoms with Gasteiger partial charge in [0.2, 0.25) is 0 Å². The molecule has 1 aromatic carbocycles. The lowest BCUT2D eigenvalue weighted by Crippen LogP contribution is -2.29. The average Bonchev–Trinajstić information content (AvgIpc) is 2.37. The summed E-state index contributed by atoms with van der Waals surface area (Å²) >= 11 is 0. The van der Waals surface area contributed by atoms with Gasteiger partial charge in [0.05, 0.1) is 28.7 Å². The van der Waals surface area contributed by atoms with Gasteiger partial charge in [-0.05, 0) is 13.0 Å². The summed E-state index contributed by atoms with van der Waals surface area (Å²) in [6, 6.07) is 5.46. The van der Waals surface area contributed by atoms with Gasteiger partial charge in [-0.3, -0.25) is 10.1 Å². The summed E-state index contributed by atoms with van der Waals surface area (Å²) in [5.41, 5.74) is -0.0789. The number of carboxylic acid groups (broad SMARTS) is 1. The van der Waals surface area contributed by atoms with Crippen molar-refractivity contribution in [1.29, 1.82) is 5.26 Å². The molecule has 1 atom stereocenters. The lowest BCUT2D eigenvalue weighted by atomic mass is 10.1. The van der Waals surface area contributed by atoms with Gasteiger partial charge in [-0.2, -0.15) is 5.26 Å². The van der Waals surface area contributed by atoms with Crippen LogP contribution in [0, 0.1) is 21.4 Å². The van der Waals surface area contributed by atoms with Gasteiger partial charge in [0.25, 0.3) is 5.69 Å². The van der Waals surface area contributed by atoms with Crippen LogP contribution in [0.15, 0.2) is 18.2 Å². The van der Waals surface area contributed by atoms with E-state index in [1.54, 1.807) is 18.9 Å². The highest BCUT2D eigenvalue weighted by Crippen LogP contribution is 2.26. The SMILES string of the molecule is CC(CC#N)N(C)c1ccc([N+](=O)[O-])cc1C(=O)O. The summed E-state index contributed by atoms with van der Waals surface area (Å²) in [5.74, 6) is -1.24. The van der Waals surface area contributed by atoms with Crippen LogP contribution in [0.5, 0.6) is 0 Å². The molecular formula is C12H13N3O4. The van der Waals surface area contributed by atoms with E-state index in [1.807, 2.05) is 6.07 Å². The molecule has 0 heterocycles. The highest BCUT2D eigenvalue weighted by Gasteiger charge is 2.20. The van der Waals surface area contributed by atoms with Crippen LogP contribution in [-0.4, -0.2) is 29.1 Å². The molecule has 1 aromatic rings. The van der Waals surface area contributed by atoms with E-state index in [4.69, 9.17) is 10.4 Å². The van der Waals surface area contributed by atoms with Crippen LogP contribution in [0.3, 0.4) is 0 Å². The quantitative estimate of drug-likeness (QED) is 0.643. The normalized spacial score (nSPS) is 11.4. The molecule has 0 spiro atoms. The fourth-order valence-corrected chi connectivity index (χ4v) is 1.62. The Kier molecular flexibility index (Phi) is 4.42. The van der Waals surface area contributed by atoms with Gasteiger partial charge >= 0.3 is 5.97 Å². The summed E-state index contributed by atoms with van der Waals surface area (Å²) in [6.07, 6.45) is 0.229. The topological polar surface area (TPSA) is 107 Å². The van der Waals surface area contributed by atoms with Crippen LogP contribution in [-0.2, 0) is 0 Å². The molecule has 0 radical (unpaired) electrons. The van der Waals surface area contributed by atoms with Gasteiger partial charge in [-0.25, -0.2) is 4.79 Å². The standard InChI is InChI=1S/C12H13N3O4/c1-8(5-6-13)14(2)11-4-3-9(15(18)19)7-10(11)12(16)17/h3-4,7-8H,5H2,1-2H3,(H,16,17). The van der Waals surface area contributed by atoms with Gasteiger partial charge < -0.3 is 10.0 Å². The second-order valence-electron chi connectivity index (χ2n) is 4.09. The van der Waals surface area contributed by atoms with E-state index in [-0.39, 0.29) is 23.7 Å². The molecule has 7 nitrogen and oxygen atoms in total. The third-order valence-electron chi connectivity index (χ3n) is 2.85. The van der Waals surface area contributed by atoms with Crippen molar-refractivity contribution in [3.05, 3.63) is 33.9 Å². The molecule has 0 bridgehead atoms. The number of anilines is 1. The molecule has 0 aliphatic carbocycles. The molecule has 0 saturated carbocycles. The van der Waals surface area contributed by atoms with Crippen molar-refractivity contribution in [2.75, 3.05) is 11.9 Å². The highest BCUT2D eigenvalue weighted by molar-refractivity contribution is 5.95. The first-order chi connectivity index (χ1) is 8.88. The molecule has 0 fully saturated rings. The number of hydrogen-bond acceptors (Lipinski definition) is 5. The number of hydrogen-bond donors (Lipinski definition) is 1. The van der Waals surface area contributed by atoms with Crippen molar-refractivity contribution < 1.29 is 14.8 Å². The van der Waals surface area contributed by atoms with Gasteiger partial charge in [-0.15, -0.1) is 0 Å². The minimum absolute atomic E-state index is 0.151. The maximum Gasteiger partial charge on any atom is 0.338 e. The molecule has 0 amide bonds. The number of nitriles is 1. The van der Waals surface area contributed by atoms with Crippen LogP contribution in [0.2, 0.25) is 0 Å². The number of benzene rings is 1. The Balaban J connectivity index is 3.24. The number of rotatable bonds is 5. The molecule has 0 aliphatic rings. The molecule has 0 saturated heterocycles. The zero-order valence-corrected chi connectivity index (χ0v) is 10.5. The van der Waals surface area contributed by atoms with Crippen LogP contribution in [0.1, 0.15) is 23.7 Å². The second-order valence-corrected chi connectivity index (χ2v) is 4.09.